The molecular formula is C15H13F6N3O3S. The highest BCUT2D eigenvalue weighted by Gasteiger charge is 2.40. The summed E-state index contributed by atoms with van der Waals surface area (Å²) in [5.41, 5.74) is -1.09. The number of rotatable bonds is 5. The minimum absolute atomic E-state index is 0.252. The molecule has 0 aliphatic rings. The van der Waals surface area contributed by atoms with Crippen molar-refractivity contribution in [1.82, 2.24) is 9.29 Å². The van der Waals surface area contributed by atoms with Crippen molar-refractivity contribution >= 4 is 21.6 Å². The van der Waals surface area contributed by atoms with Crippen LogP contribution in [0.5, 0.6) is 0 Å². The minimum atomic E-state index is -4.95. The van der Waals surface area contributed by atoms with E-state index in [1.807, 2.05) is 5.32 Å². The number of carbonyl (C=O) groups is 1. The Morgan fingerprint density at radius 2 is 1.75 bits per heavy atom. The van der Waals surface area contributed by atoms with Crippen LogP contribution in [0.3, 0.4) is 0 Å². The van der Waals surface area contributed by atoms with Crippen LogP contribution in [0.25, 0.3) is 0 Å². The second kappa shape index (κ2) is 7.47. The number of benzene rings is 1. The van der Waals surface area contributed by atoms with Crippen molar-refractivity contribution in [3.8, 4) is 0 Å². The van der Waals surface area contributed by atoms with Gasteiger partial charge in [0.1, 0.15) is 16.6 Å². The molecule has 0 spiro atoms. The molecule has 1 atom stereocenters. The molecule has 0 saturated heterocycles. The number of sulfonamides is 1. The van der Waals surface area contributed by atoms with Gasteiger partial charge in [0, 0.05) is 25.0 Å². The topological polar surface area (TPSA) is 80.2 Å². The summed E-state index contributed by atoms with van der Waals surface area (Å²) in [6.45, 7) is 0.523. The zero-order chi connectivity index (χ0) is 21.4. The van der Waals surface area contributed by atoms with Gasteiger partial charge in [0.15, 0.2) is 17.5 Å². The maximum atomic E-state index is 14.5. The highest BCUT2D eigenvalue weighted by atomic mass is 32.2. The van der Waals surface area contributed by atoms with Crippen molar-refractivity contribution in [2.24, 2.45) is 7.05 Å². The number of aryl methyl sites for hydroxylation is 1. The van der Waals surface area contributed by atoms with Gasteiger partial charge >= 0.3 is 6.18 Å². The first-order valence-corrected chi connectivity index (χ1v) is 8.92. The van der Waals surface area contributed by atoms with Crippen molar-refractivity contribution in [2.75, 3.05) is 5.32 Å². The maximum absolute atomic E-state index is 14.5. The van der Waals surface area contributed by atoms with Gasteiger partial charge in [0.25, 0.3) is 5.91 Å². The number of aromatic nitrogens is 1. The summed E-state index contributed by atoms with van der Waals surface area (Å²) < 4.78 is 104. The Labute approximate surface area is 155 Å². The van der Waals surface area contributed by atoms with Gasteiger partial charge in [-0.2, -0.15) is 17.9 Å². The number of anilines is 1. The maximum Gasteiger partial charge on any atom is 0.404 e. The van der Waals surface area contributed by atoms with Crippen molar-refractivity contribution in [2.45, 2.75) is 24.0 Å². The predicted octanol–water partition coefficient (Wildman–Crippen LogP) is 2.92. The second-order valence-electron chi connectivity index (χ2n) is 5.73. The summed E-state index contributed by atoms with van der Waals surface area (Å²) in [6, 6.07) is -0.221. The Hall–Kier alpha value is -2.54. The summed E-state index contributed by atoms with van der Waals surface area (Å²) in [4.78, 5) is 11.0. The molecule has 154 valence electrons. The van der Waals surface area contributed by atoms with E-state index >= 15 is 0 Å². The fourth-order valence-corrected chi connectivity index (χ4v) is 3.50. The third kappa shape index (κ3) is 4.47. The van der Waals surface area contributed by atoms with Crippen molar-refractivity contribution < 1.29 is 39.6 Å². The van der Waals surface area contributed by atoms with Crippen LogP contribution in [0.4, 0.5) is 32.0 Å². The fraction of sp³-hybridized carbons (Fsp3) is 0.267. The molecule has 0 aliphatic carbocycles. The summed E-state index contributed by atoms with van der Waals surface area (Å²) >= 11 is 0. The van der Waals surface area contributed by atoms with Gasteiger partial charge in [-0.1, -0.05) is 0 Å². The monoisotopic (exact) mass is 429 g/mol. The van der Waals surface area contributed by atoms with Crippen LogP contribution in [-0.2, 0) is 17.1 Å². The number of hydrogen-bond donors (Lipinski definition) is 2. The normalized spacial score (nSPS) is 13.4. The third-order valence-corrected chi connectivity index (χ3v) is 5.12. The smallest absolute Gasteiger partial charge is 0.343 e. The molecule has 1 aromatic heterocycles. The fourth-order valence-electron chi connectivity index (χ4n) is 2.14. The SMILES string of the molecule is CC(NS(=O)(=O)c1cn(C)c(C(=O)Nc2ccc(F)c(F)c2)c1F)C(F)(F)F. The Morgan fingerprint density at radius 1 is 1.14 bits per heavy atom. The van der Waals surface area contributed by atoms with E-state index in [-0.39, 0.29) is 5.69 Å². The lowest BCUT2D eigenvalue weighted by Gasteiger charge is -2.16. The molecule has 1 unspecified atom stereocenters. The van der Waals surface area contributed by atoms with E-state index in [2.05, 4.69) is 0 Å². The zero-order valence-electron chi connectivity index (χ0n) is 14.2. The zero-order valence-corrected chi connectivity index (χ0v) is 15.1. The van der Waals surface area contributed by atoms with E-state index in [1.165, 1.54) is 4.72 Å². The molecule has 1 heterocycles. The van der Waals surface area contributed by atoms with Gasteiger partial charge in [-0.15, -0.1) is 0 Å². The third-order valence-electron chi connectivity index (χ3n) is 3.59. The quantitative estimate of drug-likeness (QED) is 0.718. The largest absolute Gasteiger partial charge is 0.404 e. The first kappa shape index (κ1) is 21.8. The van der Waals surface area contributed by atoms with Crippen LogP contribution in [0, 0.1) is 17.5 Å². The molecule has 2 rings (SSSR count). The lowest BCUT2D eigenvalue weighted by Crippen LogP contribution is -2.43. The number of nitrogens with zero attached hydrogens (tertiary/aromatic N) is 1. The van der Waals surface area contributed by atoms with Crippen LogP contribution in [-0.4, -0.2) is 31.1 Å². The van der Waals surface area contributed by atoms with Gasteiger partial charge < -0.3 is 9.88 Å². The molecule has 28 heavy (non-hydrogen) atoms. The number of alkyl halides is 3. The average Bonchev–Trinajstić information content (AvgIpc) is 2.85. The summed E-state index contributed by atoms with van der Waals surface area (Å²) in [5.74, 6) is -5.32. The highest BCUT2D eigenvalue weighted by molar-refractivity contribution is 7.89. The van der Waals surface area contributed by atoms with Gasteiger partial charge in [-0.05, 0) is 19.1 Å². The number of nitrogens with one attached hydrogen (secondary N) is 2. The Kier molecular flexibility index (Phi) is 5.80. The summed E-state index contributed by atoms with van der Waals surface area (Å²) in [5, 5.41) is 2.04. The number of amides is 1. The predicted molar refractivity (Wildman–Crippen MR) is 85.5 cm³/mol. The molecule has 13 heteroatoms. The van der Waals surface area contributed by atoms with Crippen LogP contribution >= 0.6 is 0 Å². The Morgan fingerprint density at radius 3 is 2.29 bits per heavy atom. The lowest BCUT2D eigenvalue weighted by molar-refractivity contribution is -0.147. The standard InChI is InChI=1S/C15H13F6N3O3S/c1-7(15(19,20)21)23-28(26,27)11-6-24(2)13(12(11)18)14(25)22-8-3-4-9(16)10(17)5-8/h3-7,23H,1-2H3,(H,22,25). The molecule has 1 amide bonds. The Bertz CT molecular complexity index is 1020. The summed E-state index contributed by atoms with van der Waals surface area (Å²) in [7, 11) is -3.87. The van der Waals surface area contributed by atoms with Gasteiger partial charge in [-0.25, -0.2) is 21.6 Å². The molecule has 6 nitrogen and oxygen atoms in total. The molecule has 0 radical (unpaired) electrons. The molecular weight excluding hydrogens is 416 g/mol. The van der Waals surface area contributed by atoms with E-state index in [4.69, 9.17) is 0 Å². The average molecular weight is 429 g/mol. The van der Waals surface area contributed by atoms with E-state index in [0.717, 1.165) is 17.7 Å². The summed E-state index contributed by atoms with van der Waals surface area (Å²) in [6.07, 6.45) is -4.30. The number of halogens is 6. The van der Waals surface area contributed by atoms with Crippen molar-refractivity contribution in [3.63, 3.8) is 0 Å². The molecule has 0 fully saturated rings. The van der Waals surface area contributed by atoms with Crippen LogP contribution in [0.1, 0.15) is 17.4 Å². The molecule has 0 aliphatic heterocycles. The second-order valence-corrected chi connectivity index (χ2v) is 7.42. The minimum Gasteiger partial charge on any atom is -0.343 e. The van der Waals surface area contributed by atoms with Gasteiger partial charge in [-0.3, -0.25) is 4.79 Å². The van der Waals surface area contributed by atoms with E-state index in [1.54, 1.807) is 0 Å². The first-order chi connectivity index (χ1) is 12.7. The van der Waals surface area contributed by atoms with Crippen LogP contribution in [0.15, 0.2) is 29.3 Å². The first-order valence-electron chi connectivity index (χ1n) is 7.44. The molecule has 0 bridgehead atoms. The van der Waals surface area contributed by atoms with Crippen LogP contribution in [0.2, 0.25) is 0 Å². The van der Waals surface area contributed by atoms with E-state index < -0.39 is 56.2 Å². The highest BCUT2D eigenvalue weighted by Crippen LogP contribution is 2.25. The van der Waals surface area contributed by atoms with Crippen molar-refractivity contribution in [1.29, 1.82) is 0 Å². The van der Waals surface area contributed by atoms with E-state index in [9.17, 15) is 39.6 Å². The van der Waals surface area contributed by atoms with E-state index in [0.29, 0.717) is 25.3 Å². The van der Waals surface area contributed by atoms with Crippen molar-refractivity contribution in [3.05, 3.63) is 47.5 Å². The molecule has 2 aromatic rings. The Balaban J connectivity index is 2.34. The lowest BCUT2D eigenvalue weighted by atomic mass is 10.3. The number of hydrogen-bond acceptors (Lipinski definition) is 3. The molecule has 2 N–H and O–H groups in total. The molecule has 0 saturated carbocycles. The van der Waals surface area contributed by atoms with Gasteiger partial charge in [0.2, 0.25) is 10.0 Å². The molecule has 1 aromatic carbocycles. The number of carbonyl (C=O) groups excluding carboxylic acids is 1. The van der Waals surface area contributed by atoms with Gasteiger partial charge in [0.05, 0.1) is 0 Å². The van der Waals surface area contributed by atoms with Crippen LogP contribution < -0.4 is 10.0 Å².